The van der Waals surface area contributed by atoms with E-state index >= 15 is 0 Å². The van der Waals surface area contributed by atoms with Crippen LogP contribution in [0, 0.1) is 0 Å². The van der Waals surface area contributed by atoms with Crippen molar-refractivity contribution in [2.45, 2.75) is 26.2 Å². The predicted molar refractivity (Wildman–Crippen MR) is 68.1 cm³/mol. The second-order valence-electron chi connectivity index (χ2n) is 5.01. The summed E-state index contributed by atoms with van der Waals surface area (Å²) in [6.07, 6.45) is 0.959. The highest BCUT2D eigenvalue weighted by Gasteiger charge is 2.13. The van der Waals surface area contributed by atoms with Crippen LogP contribution < -0.4 is 5.32 Å². The van der Waals surface area contributed by atoms with Gasteiger partial charge in [0.15, 0.2) is 5.82 Å². The Kier molecular flexibility index (Phi) is 4.12. The van der Waals surface area contributed by atoms with Gasteiger partial charge in [0, 0.05) is 52.1 Å². The van der Waals surface area contributed by atoms with Crippen LogP contribution in [0.1, 0.15) is 31.4 Å². The number of hydrogen-bond acceptors (Lipinski definition) is 4. The monoisotopic (exact) mass is 237 g/mol. The van der Waals surface area contributed by atoms with Crippen LogP contribution in [-0.4, -0.2) is 52.4 Å². The minimum absolute atomic E-state index is 0.445. The first kappa shape index (κ1) is 12.5. The molecule has 1 aliphatic rings. The van der Waals surface area contributed by atoms with Gasteiger partial charge in [-0.1, -0.05) is 13.8 Å². The first-order valence-corrected chi connectivity index (χ1v) is 6.49. The second kappa shape index (κ2) is 5.60. The van der Waals surface area contributed by atoms with Gasteiger partial charge in [-0.15, -0.1) is 0 Å². The Balaban J connectivity index is 1.88. The average Bonchev–Trinajstić information content (AvgIpc) is 2.69. The molecule has 0 spiro atoms. The number of aromatic nitrogens is 3. The summed E-state index contributed by atoms with van der Waals surface area (Å²) in [7, 11) is 1.98. The molecule has 0 amide bonds. The topological polar surface area (TPSA) is 46.0 Å². The molecule has 0 unspecified atom stereocenters. The lowest BCUT2D eigenvalue weighted by Gasteiger charge is -2.26. The van der Waals surface area contributed by atoms with Crippen molar-refractivity contribution in [3.8, 4) is 0 Å². The van der Waals surface area contributed by atoms with Crippen LogP contribution >= 0.6 is 0 Å². The van der Waals surface area contributed by atoms with E-state index in [4.69, 9.17) is 0 Å². The molecule has 5 nitrogen and oxygen atoms in total. The molecule has 0 aliphatic carbocycles. The summed E-state index contributed by atoms with van der Waals surface area (Å²) in [5.74, 6) is 2.51. The zero-order valence-corrected chi connectivity index (χ0v) is 11.1. The number of nitrogens with one attached hydrogen (secondary N) is 1. The van der Waals surface area contributed by atoms with Crippen molar-refractivity contribution >= 4 is 0 Å². The Morgan fingerprint density at radius 2 is 2.00 bits per heavy atom. The molecule has 1 N–H and O–H groups in total. The van der Waals surface area contributed by atoms with E-state index in [1.165, 1.54) is 0 Å². The summed E-state index contributed by atoms with van der Waals surface area (Å²) in [5.41, 5.74) is 0. The third-order valence-electron chi connectivity index (χ3n) is 3.22. The van der Waals surface area contributed by atoms with Crippen LogP contribution in [-0.2, 0) is 13.5 Å². The van der Waals surface area contributed by atoms with Crippen molar-refractivity contribution in [2.24, 2.45) is 7.05 Å². The van der Waals surface area contributed by atoms with E-state index in [-0.39, 0.29) is 0 Å². The summed E-state index contributed by atoms with van der Waals surface area (Å²) in [6.45, 7) is 9.88. The summed E-state index contributed by atoms with van der Waals surface area (Å²) in [6, 6.07) is 0. The number of piperazine rings is 1. The molecule has 17 heavy (non-hydrogen) atoms. The summed E-state index contributed by atoms with van der Waals surface area (Å²) in [5, 5.41) is 7.84. The molecular weight excluding hydrogens is 214 g/mol. The summed E-state index contributed by atoms with van der Waals surface area (Å²) < 4.78 is 1.91. The van der Waals surface area contributed by atoms with Crippen LogP contribution in [0.2, 0.25) is 0 Å². The number of rotatable bonds is 4. The third kappa shape index (κ3) is 3.26. The van der Waals surface area contributed by atoms with Crippen LogP contribution in [0.15, 0.2) is 0 Å². The van der Waals surface area contributed by atoms with Gasteiger partial charge >= 0.3 is 0 Å². The minimum Gasteiger partial charge on any atom is -0.314 e. The second-order valence-corrected chi connectivity index (χ2v) is 5.01. The molecule has 1 aromatic rings. The molecule has 0 bridgehead atoms. The maximum atomic E-state index is 4.60. The van der Waals surface area contributed by atoms with Gasteiger partial charge in [0.05, 0.1) is 0 Å². The lowest BCUT2D eigenvalue weighted by Crippen LogP contribution is -2.44. The number of nitrogens with zero attached hydrogens (tertiary/aromatic N) is 4. The van der Waals surface area contributed by atoms with Crippen molar-refractivity contribution < 1.29 is 0 Å². The number of aryl methyl sites for hydroxylation is 1. The fraction of sp³-hybridized carbons (Fsp3) is 0.833. The van der Waals surface area contributed by atoms with Crippen molar-refractivity contribution in [1.82, 2.24) is 25.0 Å². The van der Waals surface area contributed by atoms with E-state index in [1.807, 2.05) is 11.7 Å². The SMILES string of the molecule is CC(C)c1nc(CCN2CCNCC2)nn1C. The lowest BCUT2D eigenvalue weighted by molar-refractivity contribution is 0.242. The van der Waals surface area contributed by atoms with Crippen LogP contribution in [0.4, 0.5) is 0 Å². The van der Waals surface area contributed by atoms with E-state index in [1.54, 1.807) is 0 Å². The Morgan fingerprint density at radius 1 is 1.29 bits per heavy atom. The van der Waals surface area contributed by atoms with Crippen molar-refractivity contribution in [3.63, 3.8) is 0 Å². The minimum atomic E-state index is 0.445. The van der Waals surface area contributed by atoms with Gasteiger partial charge in [-0.05, 0) is 0 Å². The Bertz CT molecular complexity index is 352. The van der Waals surface area contributed by atoms with Crippen LogP contribution in [0.25, 0.3) is 0 Å². The first-order chi connectivity index (χ1) is 8.16. The van der Waals surface area contributed by atoms with Gasteiger partial charge in [-0.3, -0.25) is 4.68 Å². The summed E-state index contributed by atoms with van der Waals surface area (Å²) >= 11 is 0. The van der Waals surface area contributed by atoms with Gasteiger partial charge in [0.25, 0.3) is 0 Å². The molecule has 2 heterocycles. The van der Waals surface area contributed by atoms with E-state index < -0.39 is 0 Å². The molecule has 5 heteroatoms. The highest BCUT2D eigenvalue weighted by molar-refractivity contribution is 4.97. The zero-order chi connectivity index (χ0) is 12.3. The maximum Gasteiger partial charge on any atom is 0.152 e. The highest BCUT2D eigenvalue weighted by Crippen LogP contribution is 2.10. The molecule has 1 fully saturated rings. The molecule has 0 atom stereocenters. The maximum absolute atomic E-state index is 4.60. The van der Waals surface area contributed by atoms with Gasteiger partial charge < -0.3 is 10.2 Å². The molecular formula is C12H23N5. The largest absolute Gasteiger partial charge is 0.314 e. The molecule has 0 aromatic carbocycles. The van der Waals surface area contributed by atoms with Gasteiger partial charge in [0.1, 0.15) is 5.82 Å². The van der Waals surface area contributed by atoms with Gasteiger partial charge in [-0.2, -0.15) is 5.10 Å². The highest BCUT2D eigenvalue weighted by atomic mass is 15.3. The molecule has 96 valence electrons. The van der Waals surface area contributed by atoms with Gasteiger partial charge in [-0.25, -0.2) is 4.98 Å². The van der Waals surface area contributed by atoms with E-state index in [0.717, 1.165) is 50.8 Å². The first-order valence-electron chi connectivity index (χ1n) is 6.49. The molecule has 1 saturated heterocycles. The average molecular weight is 237 g/mol. The fourth-order valence-corrected chi connectivity index (χ4v) is 2.25. The molecule has 1 aromatic heterocycles. The normalized spacial score (nSPS) is 17.9. The fourth-order valence-electron chi connectivity index (χ4n) is 2.25. The third-order valence-corrected chi connectivity index (χ3v) is 3.22. The zero-order valence-electron chi connectivity index (χ0n) is 11.1. The lowest BCUT2D eigenvalue weighted by atomic mass is 10.2. The van der Waals surface area contributed by atoms with Crippen LogP contribution in [0.5, 0.6) is 0 Å². The van der Waals surface area contributed by atoms with Crippen LogP contribution in [0.3, 0.4) is 0 Å². The smallest absolute Gasteiger partial charge is 0.152 e. The van der Waals surface area contributed by atoms with Crippen molar-refractivity contribution in [2.75, 3.05) is 32.7 Å². The Morgan fingerprint density at radius 3 is 2.59 bits per heavy atom. The molecule has 0 saturated carbocycles. The van der Waals surface area contributed by atoms with Gasteiger partial charge in [0.2, 0.25) is 0 Å². The summed E-state index contributed by atoms with van der Waals surface area (Å²) in [4.78, 5) is 7.08. The van der Waals surface area contributed by atoms with E-state index in [0.29, 0.717) is 5.92 Å². The quantitative estimate of drug-likeness (QED) is 0.823. The molecule has 2 rings (SSSR count). The standard InChI is InChI=1S/C12H23N5/c1-10(2)12-14-11(15-16(12)3)4-7-17-8-5-13-6-9-17/h10,13H,4-9H2,1-3H3. The Hall–Kier alpha value is -0.940. The number of hydrogen-bond donors (Lipinski definition) is 1. The van der Waals surface area contributed by atoms with E-state index in [2.05, 4.69) is 34.1 Å². The van der Waals surface area contributed by atoms with Crippen molar-refractivity contribution in [1.29, 1.82) is 0 Å². The Labute approximate surface area is 103 Å². The van der Waals surface area contributed by atoms with E-state index in [9.17, 15) is 0 Å². The molecule has 0 radical (unpaired) electrons. The predicted octanol–water partition coefficient (Wildman–Crippen LogP) is 0.386. The molecule has 1 aliphatic heterocycles. The van der Waals surface area contributed by atoms with Crippen molar-refractivity contribution in [3.05, 3.63) is 11.6 Å².